The number of anilines is 1. The maximum Gasteiger partial charge on any atom is 0.295 e. The fraction of sp³-hybridized carbons (Fsp3) is 0.231. The summed E-state index contributed by atoms with van der Waals surface area (Å²) in [5.74, 6) is 0.690. The maximum absolute atomic E-state index is 12.0. The summed E-state index contributed by atoms with van der Waals surface area (Å²) in [5, 5.41) is 17.2. The Labute approximate surface area is 114 Å². The Morgan fingerprint density at radius 3 is 2.90 bits per heavy atom. The van der Waals surface area contributed by atoms with Crippen LogP contribution in [-0.4, -0.2) is 31.3 Å². The third-order valence-corrected chi connectivity index (χ3v) is 2.95. The minimum Gasteiger partial charge on any atom is -0.319 e. The summed E-state index contributed by atoms with van der Waals surface area (Å²) in [5.41, 5.74) is 1.53. The first-order valence-corrected chi connectivity index (χ1v) is 6.30. The molecule has 0 bridgehead atoms. The van der Waals surface area contributed by atoms with Crippen molar-refractivity contribution >= 4 is 22.5 Å². The molecule has 0 aliphatic heterocycles. The molecule has 0 radical (unpaired) electrons. The fourth-order valence-corrected chi connectivity index (χ4v) is 1.84. The Balaban J connectivity index is 1.80. The molecular formula is C13H14N6O. The molecule has 20 heavy (non-hydrogen) atoms. The molecule has 3 N–H and O–H groups in total. The molecule has 0 atom stereocenters. The van der Waals surface area contributed by atoms with Gasteiger partial charge < -0.3 is 5.32 Å². The van der Waals surface area contributed by atoms with Gasteiger partial charge in [0.25, 0.3) is 5.91 Å². The molecule has 0 saturated carbocycles. The van der Waals surface area contributed by atoms with Crippen molar-refractivity contribution in [1.29, 1.82) is 0 Å². The summed E-state index contributed by atoms with van der Waals surface area (Å²) in [6.07, 6.45) is 1.73. The Kier molecular flexibility index (Phi) is 2.94. The average Bonchev–Trinajstić information content (AvgIpc) is 3.07. The molecule has 2 aromatic heterocycles. The zero-order chi connectivity index (χ0) is 14.1. The van der Waals surface area contributed by atoms with Crippen LogP contribution in [0.3, 0.4) is 0 Å². The lowest BCUT2D eigenvalue weighted by molar-refractivity contribution is 0.101. The predicted octanol–water partition coefficient (Wildman–Crippen LogP) is 2.06. The normalized spacial score (nSPS) is 11.2. The van der Waals surface area contributed by atoms with Crippen molar-refractivity contribution in [2.75, 3.05) is 5.32 Å². The first kappa shape index (κ1) is 12.3. The summed E-state index contributed by atoms with van der Waals surface area (Å²) in [6.45, 7) is 3.96. The molecule has 0 unspecified atom stereocenters. The third kappa shape index (κ3) is 2.25. The molecule has 1 amide bonds. The molecule has 102 valence electrons. The molecule has 7 heteroatoms. The van der Waals surface area contributed by atoms with Gasteiger partial charge in [-0.3, -0.25) is 15.0 Å². The Bertz CT molecular complexity index is 757. The van der Waals surface area contributed by atoms with Crippen LogP contribution in [0.2, 0.25) is 0 Å². The van der Waals surface area contributed by atoms with Crippen molar-refractivity contribution in [3.05, 3.63) is 36.0 Å². The van der Waals surface area contributed by atoms with Crippen LogP contribution >= 0.6 is 0 Å². The van der Waals surface area contributed by atoms with E-state index in [1.54, 1.807) is 6.20 Å². The molecule has 3 rings (SSSR count). The molecule has 0 spiro atoms. The van der Waals surface area contributed by atoms with Crippen molar-refractivity contribution < 1.29 is 4.79 Å². The number of nitrogens with zero attached hydrogens (tertiary/aromatic N) is 3. The third-order valence-electron chi connectivity index (χ3n) is 2.95. The van der Waals surface area contributed by atoms with E-state index >= 15 is 0 Å². The van der Waals surface area contributed by atoms with Crippen LogP contribution in [0, 0.1) is 0 Å². The molecule has 2 heterocycles. The second kappa shape index (κ2) is 4.76. The number of H-pyrrole nitrogens is 2. The standard InChI is InChI=1S/C13H14N6O/c1-7(2)11-16-12(19-18-11)13(20)15-9-4-3-8-6-14-17-10(8)5-9/h3-7H,1-2H3,(H,14,17)(H,15,20)(H,16,18,19). The minimum atomic E-state index is -0.341. The SMILES string of the molecule is CC(C)c1nc(C(=O)Nc2ccc3cn[nH]c3c2)n[nH]1. The quantitative estimate of drug-likeness (QED) is 0.678. The van der Waals surface area contributed by atoms with Crippen LogP contribution in [0.25, 0.3) is 10.9 Å². The number of aromatic amines is 2. The zero-order valence-corrected chi connectivity index (χ0v) is 11.1. The number of hydrogen-bond donors (Lipinski definition) is 3. The Morgan fingerprint density at radius 1 is 1.30 bits per heavy atom. The lowest BCUT2D eigenvalue weighted by Gasteiger charge is -2.02. The van der Waals surface area contributed by atoms with Crippen molar-refractivity contribution in [1.82, 2.24) is 25.4 Å². The van der Waals surface area contributed by atoms with Gasteiger partial charge in [-0.1, -0.05) is 13.8 Å². The summed E-state index contributed by atoms with van der Waals surface area (Å²) in [7, 11) is 0. The van der Waals surface area contributed by atoms with E-state index in [1.807, 2.05) is 32.0 Å². The van der Waals surface area contributed by atoms with E-state index in [-0.39, 0.29) is 17.6 Å². The first-order valence-electron chi connectivity index (χ1n) is 6.30. The smallest absolute Gasteiger partial charge is 0.295 e. The van der Waals surface area contributed by atoms with Crippen LogP contribution in [0.1, 0.15) is 36.2 Å². The summed E-state index contributed by atoms with van der Waals surface area (Å²) in [4.78, 5) is 16.2. The van der Waals surface area contributed by atoms with Gasteiger partial charge in [0.05, 0.1) is 11.7 Å². The minimum absolute atomic E-state index is 0.137. The first-order chi connectivity index (χ1) is 9.63. The molecule has 0 aliphatic carbocycles. The Morgan fingerprint density at radius 2 is 2.15 bits per heavy atom. The molecule has 0 saturated heterocycles. The van der Waals surface area contributed by atoms with E-state index in [2.05, 4.69) is 30.7 Å². The fourth-order valence-electron chi connectivity index (χ4n) is 1.84. The lowest BCUT2D eigenvalue weighted by atomic mass is 10.2. The highest BCUT2D eigenvalue weighted by molar-refractivity contribution is 6.02. The molecule has 0 aliphatic rings. The maximum atomic E-state index is 12.0. The molecule has 0 fully saturated rings. The van der Waals surface area contributed by atoms with E-state index in [4.69, 9.17) is 0 Å². The molecule has 3 aromatic rings. The van der Waals surface area contributed by atoms with Crippen LogP contribution in [0.4, 0.5) is 5.69 Å². The van der Waals surface area contributed by atoms with Gasteiger partial charge in [0, 0.05) is 17.0 Å². The van der Waals surface area contributed by atoms with Crippen LogP contribution in [-0.2, 0) is 0 Å². The summed E-state index contributed by atoms with van der Waals surface area (Å²) in [6, 6.07) is 5.51. The van der Waals surface area contributed by atoms with Crippen molar-refractivity contribution in [3.63, 3.8) is 0 Å². The summed E-state index contributed by atoms with van der Waals surface area (Å²) >= 11 is 0. The monoisotopic (exact) mass is 270 g/mol. The van der Waals surface area contributed by atoms with Crippen LogP contribution < -0.4 is 5.32 Å². The second-order valence-corrected chi connectivity index (χ2v) is 4.83. The highest BCUT2D eigenvalue weighted by atomic mass is 16.2. The number of benzene rings is 1. The molecular weight excluding hydrogens is 256 g/mol. The van der Waals surface area contributed by atoms with E-state index in [0.29, 0.717) is 11.5 Å². The van der Waals surface area contributed by atoms with Gasteiger partial charge in [-0.15, -0.1) is 5.10 Å². The van der Waals surface area contributed by atoms with E-state index in [1.165, 1.54) is 0 Å². The van der Waals surface area contributed by atoms with E-state index in [0.717, 1.165) is 10.9 Å². The Hall–Kier alpha value is -2.70. The highest BCUT2D eigenvalue weighted by Crippen LogP contribution is 2.17. The van der Waals surface area contributed by atoms with Crippen molar-refractivity contribution in [3.8, 4) is 0 Å². The van der Waals surface area contributed by atoms with Gasteiger partial charge >= 0.3 is 0 Å². The lowest BCUT2D eigenvalue weighted by Crippen LogP contribution is -2.13. The zero-order valence-electron chi connectivity index (χ0n) is 11.1. The van der Waals surface area contributed by atoms with Crippen LogP contribution in [0.5, 0.6) is 0 Å². The number of nitrogens with one attached hydrogen (secondary N) is 3. The number of fused-ring (bicyclic) bond motifs is 1. The number of hydrogen-bond acceptors (Lipinski definition) is 4. The number of aromatic nitrogens is 5. The van der Waals surface area contributed by atoms with Gasteiger partial charge in [-0.05, 0) is 18.2 Å². The molecule has 7 nitrogen and oxygen atoms in total. The van der Waals surface area contributed by atoms with Gasteiger partial charge in [0.1, 0.15) is 5.82 Å². The van der Waals surface area contributed by atoms with Crippen LogP contribution in [0.15, 0.2) is 24.4 Å². The average molecular weight is 270 g/mol. The predicted molar refractivity (Wildman–Crippen MR) is 74.5 cm³/mol. The molecule has 1 aromatic carbocycles. The number of amides is 1. The largest absolute Gasteiger partial charge is 0.319 e. The van der Waals surface area contributed by atoms with E-state index < -0.39 is 0 Å². The van der Waals surface area contributed by atoms with Gasteiger partial charge in [0.2, 0.25) is 5.82 Å². The van der Waals surface area contributed by atoms with Gasteiger partial charge in [0.15, 0.2) is 0 Å². The number of carbonyl (C=O) groups is 1. The number of rotatable bonds is 3. The second-order valence-electron chi connectivity index (χ2n) is 4.83. The number of carbonyl (C=O) groups excluding carboxylic acids is 1. The van der Waals surface area contributed by atoms with Gasteiger partial charge in [-0.2, -0.15) is 5.10 Å². The van der Waals surface area contributed by atoms with Crippen molar-refractivity contribution in [2.45, 2.75) is 19.8 Å². The van der Waals surface area contributed by atoms with E-state index in [9.17, 15) is 4.79 Å². The highest BCUT2D eigenvalue weighted by Gasteiger charge is 2.14. The van der Waals surface area contributed by atoms with Gasteiger partial charge in [-0.25, -0.2) is 4.98 Å². The topological polar surface area (TPSA) is 99.3 Å². The van der Waals surface area contributed by atoms with Crippen molar-refractivity contribution in [2.24, 2.45) is 0 Å². The summed E-state index contributed by atoms with van der Waals surface area (Å²) < 4.78 is 0.